The fourth-order valence-corrected chi connectivity index (χ4v) is 4.29. The number of piperidine rings is 1. The van der Waals surface area contributed by atoms with E-state index in [4.69, 9.17) is 10.5 Å². The highest BCUT2D eigenvalue weighted by molar-refractivity contribution is 7.92. The molecule has 0 unspecified atom stereocenters. The number of nitrogens with one attached hydrogen (secondary N) is 1. The van der Waals surface area contributed by atoms with Crippen molar-refractivity contribution in [2.75, 3.05) is 24.9 Å². The van der Waals surface area contributed by atoms with Crippen LogP contribution in [0.2, 0.25) is 0 Å². The van der Waals surface area contributed by atoms with E-state index in [0.717, 1.165) is 19.3 Å². The number of anilines is 1. The number of ether oxygens (including phenoxy) is 1. The average molecular weight is 417 g/mol. The van der Waals surface area contributed by atoms with Crippen molar-refractivity contribution in [2.24, 2.45) is 5.73 Å². The van der Waals surface area contributed by atoms with E-state index < -0.39 is 15.9 Å². The number of methoxy groups -OCH3 is 1. The molecule has 1 saturated heterocycles. The molecule has 2 amide bonds. The number of likely N-dealkylation sites (tertiary alicyclic amines) is 1. The van der Waals surface area contributed by atoms with E-state index in [-0.39, 0.29) is 27.6 Å². The van der Waals surface area contributed by atoms with Gasteiger partial charge in [-0.05, 0) is 61.7 Å². The molecule has 0 atom stereocenters. The van der Waals surface area contributed by atoms with Crippen molar-refractivity contribution >= 4 is 27.5 Å². The second-order valence-electron chi connectivity index (χ2n) is 6.76. The van der Waals surface area contributed by atoms with Crippen molar-refractivity contribution in [1.82, 2.24) is 4.90 Å². The van der Waals surface area contributed by atoms with E-state index in [1.165, 1.54) is 49.6 Å². The van der Waals surface area contributed by atoms with E-state index in [1.54, 1.807) is 4.90 Å². The highest BCUT2D eigenvalue weighted by Gasteiger charge is 2.24. The third kappa shape index (κ3) is 4.68. The Hall–Kier alpha value is -3.07. The monoisotopic (exact) mass is 417 g/mol. The standard InChI is InChI=1S/C20H23N3O5S/c1-28-18-10-9-16(13-17(18)20(25)23-11-3-2-4-12-23)29(26,27)22-15-7-5-14(6-8-15)19(21)24/h5-10,13,22H,2-4,11-12H2,1H3,(H2,21,24). The van der Waals surface area contributed by atoms with Gasteiger partial charge in [0.15, 0.2) is 0 Å². The Balaban J connectivity index is 1.88. The van der Waals surface area contributed by atoms with Crippen LogP contribution in [0.5, 0.6) is 5.75 Å². The highest BCUT2D eigenvalue weighted by atomic mass is 32.2. The van der Waals surface area contributed by atoms with Crippen molar-refractivity contribution in [3.63, 3.8) is 0 Å². The molecule has 2 aromatic rings. The second kappa shape index (κ2) is 8.52. The number of sulfonamides is 1. The van der Waals surface area contributed by atoms with Crippen molar-refractivity contribution in [1.29, 1.82) is 0 Å². The smallest absolute Gasteiger partial charge is 0.261 e. The van der Waals surface area contributed by atoms with Crippen LogP contribution in [0.25, 0.3) is 0 Å². The molecule has 9 heteroatoms. The summed E-state index contributed by atoms with van der Waals surface area (Å²) < 4.78 is 33.3. The molecule has 3 rings (SSSR count). The summed E-state index contributed by atoms with van der Waals surface area (Å²) in [5, 5.41) is 0. The van der Waals surface area contributed by atoms with E-state index in [2.05, 4.69) is 4.72 Å². The molecule has 0 radical (unpaired) electrons. The summed E-state index contributed by atoms with van der Waals surface area (Å²) in [5.74, 6) is -0.523. The first kappa shape index (κ1) is 20.7. The lowest BCUT2D eigenvalue weighted by molar-refractivity contribution is 0.0720. The van der Waals surface area contributed by atoms with Gasteiger partial charge in [-0.1, -0.05) is 0 Å². The molecule has 1 aliphatic rings. The van der Waals surface area contributed by atoms with Gasteiger partial charge in [0.2, 0.25) is 5.91 Å². The fraction of sp³-hybridized carbons (Fsp3) is 0.300. The normalized spacial score (nSPS) is 14.3. The molecule has 3 N–H and O–H groups in total. The highest BCUT2D eigenvalue weighted by Crippen LogP contribution is 2.26. The molecule has 1 fully saturated rings. The predicted molar refractivity (Wildman–Crippen MR) is 109 cm³/mol. The number of rotatable bonds is 6. The summed E-state index contributed by atoms with van der Waals surface area (Å²) >= 11 is 0. The molecule has 0 saturated carbocycles. The SMILES string of the molecule is COc1ccc(S(=O)(=O)Nc2ccc(C(N)=O)cc2)cc1C(=O)N1CCCCC1. The van der Waals surface area contributed by atoms with Gasteiger partial charge in [0, 0.05) is 24.3 Å². The third-order valence-corrected chi connectivity index (χ3v) is 6.16. The van der Waals surface area contributed by atoms with Gasteiger partial charge < -0.3 is 15.4 Å². The second-order valence-corrected chi connectivity index (χ2v) is 8.44. The van der Waals surface area contributed by atoms with Crippen LogP contribution in [-0.2, 0) is 10.0 Å². The molecule has 0 aromatic heterocycles. The molecule has 0 bridgehead atoms. The van der Waals surface area contributed by atoms with Gasteiger partial charge in [0.1, 0.15) is 5.75 Å². The summed E-state index contributed by atoms with van der Waals surface area (Å²) in [5.41, 5.74) is 5.94. The number of carbonyl (C=O) groups is 2. The van der Waals surface area contributed by atoms with Crippen LogP contribution in [0.3, 0.4) is 0 Å². The Kier molecular flexibility index (Phi) is 6.07. The molecular weight excluding hydrogens is 394 g/mol. The van der Waals surface area contributed by atoms with Crippen LogP contribution in [0.1, 0.15) is 40.0 Å². The Morgan fingerprint density at radius 1 is 1.03 bits per heavy atom. The van der Waals surface area contributed by atoms with Crippen molar-refractivity contribution in [3.05, 3.63) is 53.6 Å². The number of carbonyl (C=O) groups excluding carboxylic acids is 2. The minimum absolute atomic E-state index is 0.0577. The first-order valence-corrected chi connectivity index (χ1v) is 10.7. The molecule has 1 aliphatic heterocycles. The zero-order valence-electron chi connectivity index (χ0n) is 16.1. The molecular formula is C20H23N3O5S. The van der Waals surface area contributed by atoms with Crippen LogP contribution in [-0.4, -0.2) is 45.3 Å². The topological polar surface area (TPSA) is 119 Å². The third-order valence-electron chi connectivity index (χ3n) is 4.78. The largest absolute Gasteiger partial charge is 0.496 e. The lowest BCUT2D eigenvalue weighted by Crippen LogP contribution is -2.35. The van der Waals surface area contributed by atoms with Gasteiger partial charge >= 0.3 is 0 Å². The zero-order valence-corrected chi connectivity index (χ0v) is 16.9. The maximum Gasteiger partial charge on any atom is 0.261 e. The number of nitrogens with two attached hydrogens (primary N) is 1. The van der Waals surface area contributed by atoms with Crippen LogP contribution in [0.15, 0.2) is 47.4 Å². The fourth-order valence-electron chi connectivity index (χ4n) is 3.21. The number of benzene rings is 2. The Morgan fingerprint density at radius 3 is 2.28 bits per heavy atom. The summed E-state index contributed by atoms with van der Waals surface area (Å²) in [7, 11) is -2.51. The molecule has 154 valence electrons. The van der Waals surface area contributed by atoms with E-state index in [1.807, 2.05) is 0 Å². The van der Waals surface area contributed by atoms with E-state index >= 15 is 0 Å². The predicted octanol–water partition coefficient (Wildman–Crippen LogP) is 2.22. The average Bonchev–Trinajstić information content (AvgIpc) is 2.73. The quantitative estimate of drug-likeness (QED) is 0.747. The van der Waals surface area contributed by atoms with Gasteiger partial charge in [0.25, 0.3) is 15.9 Å². The summed E-state index contributed by atoms with van der Waals surface area (Å²) in [6, 6.07) is 9.94. The first-order chi connectivity index (χ1) is 13.8. The number of hydrogen-bond donors (Lipinski definition) is 2. The van der Waals surface area contributed by atoms with Crippen molar-refractivity contribution in [2.45, 2.75) is 24.2 Å². The Bertz CT molecular complexity index is 1010. The first-order valence-electron chi connectivity index (χ1n) is 9.22. The maximum absolute atomic E-state index is 12.9. The van der Waals surface area contributed by atoms with Gasteiger partial charge in [-0.2, -0.15) is 0 Å². The minimum Gasteiger partial charge on any atom is -0.496 e. The van der Waals surface area contributed by atoms with Gasteiger partial charge in [-0.15, -0.1) is 0 Å². The Labute approximate surface area is 169 Å². The molecule has 1 heterocycles. The molecule has 29 heavy (non-hydrogen) atoms. The van der Waals surface area contributed by atoms with Gasteiger partial charge in [0.05, 0.1) is 17.6 Å². The zero-order chi connectivity index (χ0) is 21.0. The van der Waals surface area contributed by atoms with Crippen LogP contribution in [0, 0.1) is 0 Å². The van der Waals surface area contributed by atoms with E-state index in [0.29, 0.717) is 18.8 Å². The van der Waals surface area contributed by atoms with Crippen molar-refractivity contribution in [3.8, 4) is 5.75 Å². The lowest BCUT2D eigenvalue weighted by atomic mass is 10.1. The van der Waals surface area contributed by atoms with Crippen molar-refractivity contribution < 1.29 is 22.7 Å². The molecule has 2 aromatic carbocycles. The van der Waals surface area contributed by atoms with Gasteiger partial charge in [-0.25, -0.2) is 8.42 Å². The van der Waals surface area contributed by atoms with Crippen LogP contribution in [0.4, 0.5) is 5.69 Å². The number of nitrogens with zero attached hydrogens (tertiary/aromatic N) is 1. The van der Waals surface area contributed by atoms with Gasteiger partial charge in [-0.3, -0.25) is 14.3 Å². The number of amides is 2. The van der Waals surface area contributed by atoms with Crippen LogP contribution < -0.4 is 15.2 Å². The lowest BCUT2D eigenvalue weighted by Gasteiger charge is -2.27. The maximum atomic E-state index is 12.9. The molecule has 0 spiro atoms. The summed E-state index contributed by atoms with van der Waals surface area (Å²) in [6.45, 7) is 1.28. The molecule has 0 aliphatic carbocycles. The summed E-state index contributed by atoms with van der Waals surface area (Å²) in [4.78, 5) is 25.7. The minimum atomic E-state index is -3.95. The van der Waals surface area contributed by atoms with E-state index in [9.17, 15) is 18.0 Å². The number of primary amides is 1. The molecule has 8 nitrogen and oxygen atoms in total. The number of hydrogen-bond acceptors (Lipinski definition) is 5. The summed E-state index contributed by atoms with van der Waals surface area (Å²) in [6.07, 6.45) is 2.93. The van der Waals surface area contributed by atoms with Crippen LogP contribution >= 0.6 is 0 Å². The Morgan fingerprint density at radius 2 is 1.69 bits per heavy atom.